The summed E-state index contributed by atoms with van der Waals surface area (Å²) in [6, 6.07) is 10.9. The summed E-state index contributed by atoms with van der Waals surface area (Å²) in [7, 11) is 4.61. The first-order valence-electron chi connectivity index (χ1n) is 9.93. The summed E-state index contributed by atoms with van der Waals surface area (Å²) < 4.78 is 21.4. The number of aromatic nitrogens is 2. The van der Waals surface area contributed by atoms with Crippen molar-refractivity contribution >= 4 is 12.1 Å². The maximum absolute atomic E-state index is 12.6. The predicted octanol–water partition coefficient (Wildman–Crippen LogP) is 3.57. The first kappa shape index (κ1) is 22.7. The fourth-order valence-electron chi connectivity index (χ4n) is 3.15. The lowest BCUT2D eigenvalue weighted by molar-refractivity contribution is 0.0949. The molecular weight excluding hydrogens is 412 g/mol. The Morgan fingerprint density at radius 1 is 1.06 bits per heavy atom. The highest BCUT2D eigenvalue weighted by molar-refractivity contribution is 5.96. The first-order chi connectivity index (χ1) is 15.5. The van der Waals surface area contributed by atoms with Crippen molar-refractivity contribution in [1.82, 2.24) is 15.6 Å². The minimum absolute atomic E-state index is 0.324. The van der Waals surface area contributed by atoms with Crippen molar-refractivity contribution < 1.29 is 23.7 Å². The number of nitrogens with one attached hydrogen (secondary N) is 2. The van der Waals surface area contributed by atoms with Gasteiger partial charge in [-0.2, -0.15) is 10.2 Å². The largest absolute Gasteiger partial charge is 0.496 e. The Labute approximate surface area is 186 Å². The van der Waals surface area contributed by atoms with E-state index in [2.05, 4.69) is 20.7 Å². The molecule has 0 spiro atoms. The number of carbonyl (C=O) groups excluding carboxylic acids is 1. The van der Waals surface area contributed by atoms with E-state index in [1.807, 2.05) is 38.1 Å². The molecule has 1 amide bonds. The number of H-pyrrole nitrogens is 1. The van der Waals surface area contributed by atoms with Crippen LogP contribution in [0.4, 0.5) is 0 Å². The molecule has 0 bridgehead atoms. The van der Waals surface area contributed by atoms with Crippen molar-refractivity contribution in [2.24, 2.45) is 5.10 Å². The molecule has 0 aliphatic carbocycles. The molecule has 32 heavy (non-hydrogen) atoms. The number of hydrazone groups is 1. The van der Waals surface area contributed by atoms with Gasteiger partial charge < -0.3 is 18.9 Å². The van der Waals surface area contributed by atoms with Gasteiger partial charge in [0.25, 0.3) is 5.91 Å². The topological polar surface area (TPSA) is 107 Å². The van der Waals surface area contributed by atoms with Crippen LogP contribution in [0.3, 0.4) is 0 Å². The summed E-state index contributed by atoms with van der Waals surface area (Å²) in [5, 5.41) is 11.1. The number of hydrogen-bond acceptors (Lipinski definition) is 7. The molecule has 9 nitrogen and oxygen atoms in total. The van der Waals surface area contributed by atoms with Gasteiger partial charge in [-0.1, -0.05) is 0 Å². The van der Waals surface area contributed by atoms with Crippen LogP contribution in [-0.2, 0) is 0 Å². The Bertz CT molecular complexity index is 1110. The van der Waals surface area contributed by atoms with E-state index in [0.717, 1.165) is 11.3 Å². The third-order valence-corrected chi connectivity index (χ3v) is 4.78. The summed E-state index contributed by atoms with van der Waals surface area (Å²) in [6.07, 6.45) is 1.47. The predicted molar refractivity (Wildman–Crippen MR) is 121 cm³/mol. The number of rotatable bonds is 9. The lowest BCUT2D eigenvalue weighted by atomic mass is 10.1. The van der Waals surface area contributed by atoms with Gasteiger partial charge in [0.2, 0.25) is 0 Å². The van der Waals surface area contributed by atoms with Gasteiger partial charge in [-0.05, 0) is 44.2 Å². The molecular formula is C23H26N4O5. The highest BCUT2D eigenvalue weighted by Crippen LogP contribution is 2.33. The zero-order chi connectivity index (χ0) is 23.1. The molecule has 0 saturated heterocycles. The maximum atomic E-state index is 12.6. The second kappa shape index (κ2) is 10.3. The summed E-state index contributed by atoms with van der Waals surface area (Å²) in [4.78, 5) is 12.6. The smallest absolute Gasteiger partial charge is 0.289 e. The number of nitrogens with zero attached hydrogens (tertiary/aromatic N) is 2. The summed E-state index contributed by atoms with van der Waals surface area (Å²) in [5.41, 5.74) is 5.72. The van der Waals surface area contributed by atoms with Crippen LogP contribution in [0.2, 0.25) is 0 Å². The van der Waals surface area contributed by atoms with Gasteiger partial charge in [0.05, 0.1) is 39.8 Å². The Morgan fingerprint density at radius 2 is 1.72 bits per heavy atom. The molecule has 0 radical (unpaired) electrons. The van der Waals surface area contributed by atoms with Crippen LogP contribution < -0.4 is 24.4 Å². The molecule has 1 heterocycles. The fourth-order valence-corrected chi connectivity index (χ4v) is 3.15. The molecule has 2 aromatic carbocycles. The normalized spacial score (nSPS) is 10.8. The van der Waals surface area contributed by atoms with Crippen LogP contribution in [-0.4, -0.2) is 50.3 Å². The fraction of sp³-hybridized carbons (Fsp3) is 0.261. The van der Waals surface area contributed by atoms with Crippen LogP contribution in [0.5, 0.6) is 23.0 Å². The number of carbonyl (C=O) groups is 1. The Morgan fingerprint density at radius 3 is 2.34 bits per heavy atom. The van der Waals surface area contributed by atoms with Crippen molar-refractivity contribution in [2.45, 2.75) is 13.8 Å². The highest BCUT2D eigenvalue weighted by atomic mass is 16.5. The van der Waals surface area contributed by atoms with Gasteiger partial charge in [-0.15, -0.1) is 0 Å². The monoisotopic (exact) mass is 438 g/mol. The maximum Gasteiger partial charge on any atom is 0.289 e. The van der Waals surface area contributed by atoms with Gasteiger partial charge in [0, 0.05) is 22.8 Å². The molecule has 0 fully saturated rings. The van der Waals surface area contributed by atoms with Crippen LogP contribution in [0.25, 0.3) is 11.3 Å². The minimum Gasteiger partial charge on any atom is -0.496 e. The van der Waals surface area contributed by atoms with Crippen molar-refractivity contribution in [2.75, 3.05) is 27.9 Å². The SMILES string of the molecule is CCOc1ccc(-c2n[nH]c(C(=O)N/N=C\c3cc(OC)c(OC)cc3OC)c2C)cc1. The third kappa shape index (κ3) is 4.83. The zero-order valence-electron chi connectivity index (χ0n) is 18.7. The van der Waals surface area contributed by atoms with E-state index in [1.54, 1.807) is 19.2 Å². The molecule has 168 valence electrons. The van der Waals surface area contributed by atoms with E-state index >= 15 is 0 Å². The van der Waals surface area contributed by atoms with E-state index in [0.29, 0.717) is 46.4 Å². The van der Waals surface area contributed by atoms with Gasteiger partial charge in [0.1, 0.15) is 17.2 Å². The number of methoxy groups -OCH3 is 3. The average Bonchev–Trinajstić information content (AvgIpc) is 3.20. The van der Waals surface area contributed by atoms with Gasteiger partial charge in [0.15, 0.2) is 11.5 Å². The summed E-state index contributed by atoms with van der Waals surface area (Å²) in [5.74, 6) is 1.94. The van der Waals surface area contributed by atoms with Gasteiger partial charge in [-0.3, -0.25) is 9.89 Å². The Hall–Kier alpha value is -4.01. The van der Waals surface area contributed by atoms with Crippen molar-refractivity contribution in [3.63, 3.8) is 0 Å². The molecule has 2 N–H and O–H groups in total. The lowest BCUT2D eigenvalue weighted by Crippen LogP contribution is -2.19. The second-order valence-electron chi connectivity index (χ2n) is 6.68. The van der Waals surface area contributed by atoms with E-state index in [9.17, 15) is 4.79 Å². The number of benzene rings is 2. The minimum atomic E-state index is -0.414. The molecule has 1 aromatic heterocycles. The summed E-state index contributed by atoms with van der Waals surface area (Å²) in [6.45, 7) is 4.35. The average molecular weight is 438 g/mol. The molecule has 0 aliphatic heterocycles. The lowest BCUT2D eigenvalue weighted by Gasteiger charge is -2.11. The molecule has 0 unspecified atom stereocenters. The van der Waals surface area contributed by atoms with Crippen LogP contribution in [0.1, 0.15) is 28.5 Å². The highest BCUT2D eigenvalue weighted by Gasteiger charge is 2.17. The van der Waals surface area contributed by atoms with E-state index < -0.39 is 5.91 Å². The summed E-state index contributed by atoms with van der Waals surface area (Å²) >= 11 is 0. The number of amides is 1. The molecule has 0 saturated carbocycles. The van der Waals surface area contributed by atoms with Gasteiger partial charge >= 0.3 is 0 Å². The van der Waals surface area contributed by atoms with Gasteiger partial charge in [-0.25, -0.2) is 5.43 Å². The van der Waals surface area contributed by atoms with Crippen LogP contribution >= 0.6 is 0 Å². The molecule has 0 aliphatic rings. The zero-order valence-corrected chi connectivity index (χ0v) is 18.7. The second-order valence-corrected chi connectivity index (χ2v) is 6.68. The first-order valence-corrected chi connectivity index (χ1v) is 9.93. The van der Waals surface area contributed by atoms with E-state index in [1.165, 1.54) is 20.4 Å². The molecule has 3 aromatic rings. The molecule has 3 rings (SSSR count). The van der Waals surface area contributed by atoms with Crippen molar-refractivity contribution in [1.29, 1.82) is 0 Å². The Kier molecular flexibility index (Phi) is 7.33. The molecule has 0 atom stereocenters. The van der Waals surface area contributed by atoms with Crippen LogP contribution in [0.15, 0.2) is 41.5 Å². The Balaban J connectivity index is 1.75. The standard InChI is InChI=1S/C23H26N4O5/c1-6-32-17-9-7-15(8-10-17)21-14(2)22(26-25-21)23(28)27-24-13-16-11-19(30-4)20(31-5)12-18(16)29-3/h7-13H,6H2,1-5H3,(H,25,26)(H,27,28)/b24-13-. The third-order valence-electron chi connectivity index (χ3n) is 4.78. The van der Waals surface area contributed by atoms with E-state index in [-0.39, 0.29) is 0 Å². The van der Waals surface area contributed by atoms with Crippen LogP contribution in [0, 0.1) is 6.92 Å². The number of ether oxygens (including phenoxy) is 4. The number of hydrogen-bond donors (Lipinski definition) is 2. The number of aromatic amines is 1. The molecule has 9 heteroatoms. The van der Waals surface area contributed by atoms with Crippen molar-refractivity contribution in [3.8, 4) is 34.3 Å². The van der Waals surface area contributed by atoms with E-state index in [4.69, 9.17) is 18.9 Å². The van der Waals surface area contributed by atoms with Crippen molar-refractivity contribution in [3.05, 3.63) is 53.2 Å². The quantitative estimate of drug-likeness (QED) is 0.391.